The zero-order valence-electron chi connectivity index (χ0n) is 15.9. The Balaban J connectivity index is 1.36. The lowest BCUT2D eigenvalue weighted by Gasteiger charge is -2.38. The van der Waals surface area contributed by atoms with E-state index in [9.17, 15) is 0 Å². The highest BCUT2D eigenvalue weighted by Crippen LogP contribution is 2.43. The number of fused-ring (bicyclic) bond motifs is 1. The molecular weight excluding hydrogens is 372 g/mol. The SMILES string of the molecule is Cc1nccn1[C@H]1C[C@H]2CN(Cc3nccs3)C[C@H]2C[C@@H]1Oc1cnccn1. The molecule has 3 aromatic rings. The summed E-state index contributed by atoms with van der Waals surface area (Å²) in [5.74, 6) is 2.95. The third-order valence-electron chi connectivity index (χ3n) is 6.03. The number of ether oxygens (including phenoxy) is 1. The lowest BCUT2D eigenvalue weighted by atomic mass is 9.77. The number of aryl methyl sites for hydroxylation is 1. The quantitative estimate of drug-likeness (QED) is 0.660. The van der Waals surface area contributed by atoms with Crippen LogP contribution >= 0.6 is 11.3 Å². The maximum absolute atomic E-state index is 6.35. The lowest BCUT2D eigenvalue weighted by Crippen LogP contribution is -2.40. The van der Waals surface area contributed by atoms with Crippen molar-refractivity contribution in [1.82, 2.24) is 29.4 Å². The Morgan fingerprint density at radius 3 is 2.68 bits per heavy atom. The fourth-order valence-electron chi connectivity index (χ4n) is 4.80. The average Bonchev–Trinajstić information content (AvgIpc) is 3.43. The number of likely N-dealkylation sites (tertiary alicyclic amines) is 1. The molecule has 0 spiro atoms. The summed E-state index contributed by atoms with van der Waals surface area (Å²) in [6.07, 6.45) is 13.1. The predicted molar refractivity (Wildman–Crippen MR) is 106 cm³/mol. The van der Waals surface area contributed by atoms with Gasteiger partial charge in [-0.3, -0.25) is 9.88 Å². The van der Waals surface area contributed by atoms with Gasteiger partial charge in [0.25, 0.3) is 0 Å². The summed E-state index contributed by atoms with van der Waals surface area (Å²) in [6.45, 7) is 5.26. The topological polar surface area (TPSA) is 69.0 Å². The van der Waals surface area contributed by atoms with E-state index in [1.54, 1.807) is 29.9 Å². The van der Waals surface area contributed by atoms with Crippen LogP contribution < -0.4 is 4.74 Å². The second-order valence-electron chi connectivity index (χ2n) is 7.76. The smallest absolute Gasteiger partial charge is 0.232 e. The van der Waals surface area contributed by atoms with Crippen molar-refractivity contribution in [2.45, 2.75) is 38.5 Å². The molecule has 4 atom stereocenters. The van der Waals surface area contributed by atoms with Gasteiger partial charge in [0.05, 0.1) is 18.8 Å². The molecule has 0 aromatic carbocycles. The van der Waals surface area contributed by atoms with Crippen molar-refractivity contribution in [1.29, 1.82) is 0 Å². The van der Waals surface area contributed by atoms with E-state index >= 15 is 0 Å². The van der Waals surface area contributed by atoms with Crippen molar-refractivity contribution in [3.8, 4) is 5.88 Å². The highest BCUT2D eigenvalue weighted by Gasteiger charge is 2.44. The predicted octanol–water partition coefficient (Wildman–Crippen LogP) is 2.97. The van der Waals surface area contributed by atoms with Gasteiger partial charge in [-0.25, -0.2) is 15.0 Å². The van der Waals surface area contributed by atoms with Gasteiger partial charge < -0.3 is 9.30 Å². The molecule has 0 N–H and O–H groups in total. The molecule has 5 rings (SSSR count). The van der Waals surface area contributed by atoms with Crippen LogP contribution in [0.4, 0.5) is 0 Å². The molecule has 3 aromatic heterocycles. The van der Waals surface area contributed by atoms with Crippen LogP contribution in [-0.4, -0.2) is 48.6 Å². The summed E-state index contributed by atoms with van der Waals surface area (Å²) in [6, 6.07) is 0.269. The first kappa shape index (κ1) is 17.8. The van der Waals surface area contributed by atoms with E-state index < -0.39 is 0 Å². The van der Waals surface area contributed by atoms with Crippen LogP contribution in [0.3, 0.4) is 0 Å². The first-order chi connectivity index (χ1) is 13.8. The van der Waals surface area contributed by atoms with Crippen molar-refractivity contribution in [2.75, 3.05) is 13.1 Å². The van der Waals surface area contributed by atoms with Gasteiger partial charge in [0, 0.05) is 49.5 Å². The van der Waals surface area contributed by atoms with E-state index in [4.69, 9.17) is 4.74 Å². The van der Waals surface area contributed by atoms with Gasteiger partial charge in [0.1, 0.15) is 16.9 Å². The zero-order chi connectivity index (χ0) is 18.9. The van der Waals surface area contributed by atoms with E-state index in [0.29, 0.717) is 17.7 Å². The molecule has 1 aliphatic heterocycles. The summed E-state index contributed by atoms with van der Waals surface area (Å²) in [4.78, 5) is 19.9. The molecule has 28 heavy (non-hydrogen) atoms. The minimum atomic E-state index is 0.0747. The average molecular weight is 397 g/mol. The molecule has 7 nitrogen and oxygen atoms in total. The van der Waals surface area contributed by atoms with Crippen LogP contribution in [0.2, 0.25) is 0 Å². The highest BCUT2D eigenvalue weighted by atomic mass is 32.1. The third kappa shape index (κ3) is 3.54. The Morgan fingerprint density at radius 1 is 1.07 bits per heavy atom. The van der Waals surface area contributed by atoms with Gasteiger partial charge in [0.2, 0.25) is 5.88 Å². The van der Waals surface area contributed by atoms with Crippen LogP contribution in [0.1, 0.15) is 29.7 Å². The molecule has 146 valence electrons. The lowest BCUT2D eigenvalue weighted by molar-refractivity contribution is 0.0501. The van der Waals surface area contributed by atoms with Crippen molar-refractivity contribution < 1.29 is 4.74 Å². The van der Waals surface area contributed by atoms with E-state index in [2.05, 4.69) is 47.9 Å². The first-order valence-electron chi connectivity index (χ1n) is 9.79. The normalized spacial score (nSPS) is 27.6. The third-order valence-corrected chi connectivity index (χ3v) is 6.80. The summed E-state index contributed by atoms with van der Waals surface area (Å²) >= 11 is 1.74. The van der Waals surface area contributed by atoms with Crippen LogP contribution in [0.15, 0.2) is 42.6 Å². The second kappa shape index (κ2) is 7.60. The first-order valence-corrected chi connectivity index (χ1v) is 10.7. The number of aromatic nitrogens is 5. The minimum Gasteiger partial charge on any atom is -0.471 e. The second-order valence-corrected chi connectivity index (χ2v) is 8.74. The number of hydrogen-bond acceptors (Lipinski definition) is 7. The number of hydrogen-bond donors (Lipinski definition) is 0. The molecule has 0 radical (unpaired) electrons. The van der Waals surface area contributed by atoms with Gasteiger partial charge in [-0.05, 0) is 31.6 Å². The molecule has 0 bridgehead atoms. The molecule has 0 unspecified atom stereocenters. The maximum atomic E-state index is 6.35. The monoisotopic (exact) mass is 396 g/mol. The van der Waals surface area contributed by atoms with Gasteiger partial charge in [-0.15, -0.1) is 11.3 Å². The van der Waals surface area contributed by atoms with Crippen LogP contribution in [0, 0.1) is 18.8 Å². The van der Waals surface area contributed by atoms with E-state index in [-0.39, 0.29) is 12.1 Å². The zero-order valence-corrected chi connectivity index (χ0v) is 16.7. The molecule has 1 aliphatic carbocycles. The van der Waals surface area contributed by atoms with Crippen molar-refractivity contribution in [2.24, 2.45) is 11.8 Å². The largest absolute Gasteiger partial charge is 0.471 e. The Morgan fingerprint density at radius 2 is 1.96 bits per heavy atom. The Labute approximate surface area is 168 Å². The standard InChI is InChI=1S/C20H24N6OS/c1-14-22-4-6-26(14)17-8-15-11-25(13-20-24-5-7-28-20)12-16(15)9-18(17)27-19-10-21-2-3-23-19/h2-7,10,15-18H,8-9,11-13H2,1H3/t15-,16+,17-,18-/m0/s1. The summed E-state index contributed by atoms with van der Waals surface area (Å²) < 4.78 is 8.62. The summed E-state index contributed by atoms with van der Waals surface area (Å²) in [5.41, 5.74) is 0. The molecule has 8 heteroatoms. The molecule has 2 aliphatic rings. The highest BCUT2D eigenvalue weighted by molar-refractivity contribution is 7.09. The van der Waals surface area contributed by atoms with Crippen molar-refractivity contribution in [3.05, 3.63) is 53.4 Å². The van der Waals surface area contributed by atoms with Crippen molar-refractivity contribution >= 4 is 11.3 Å². The fourth-order valence-corrected chi connectivity index (χ4v) is 5.46. The maximum Gasteiger partial charge on any atom is 0.232 e. The fraction of sp³-hybridized carbons (Fsp3) is 0.500. The summed E-state index contributed by atoms with van der Waals surface area (Å²) in [5, 5.41) is 3.26. The molecule has 1 saturated heterocycles. The van der Waals surface area contributed by atoms with Gasteiger partial charge in [0.15, 0.2) is 0 Å². The Kier molecular flexibility index (Phi) is 4.82. The number of nitrogens with zero attached hydrogens (tertiary/aromatic N) is 6. The van der Waals surface area contributed by atoms with E-state index in [1.165, 1.54) is 5.01 Å². The van der Waals surface area contributed by atoms with E-state index in [0.717, 1.165) is 38.3 Å². The summed E-state index contributed by atoms with van der Waals surface area (Å²) in [7, 11) is 0. The molecule has 2 fully saturated rings. The molecule has 1 saturated carbocycles. The van der Waals surface area contributed by atoms with Crippen molar-refractivity contribution in [3.63, 3.8) is 0 Å². The Bertz CT molecular complexity index is 899. The molecule has 4 heterocycles. The van der Waals surface area contributed by atoms with Gasteiger partial charge in [-0.1, -0.05) is 0 Å². The number of imidazole rings is 1. The number of thiazole rings is 1. The van der Waals surface area contributed by atoms with Gasteiger partial charge in [-0.2, -0.15) is 0 Å². The van der Waals surface area contributed by atoms with Gasteiger partial charge >= 0.3 is 0 Å². The number of rotatable bonds is 5. The molecular formula is C20H24N6OS. The molecule has 0 amide bonds. The minimum absolute atomic E-state index is 0.0747. The van der Waals surface area contributed by atoms with Crippen LogP contribution in [0.5, 0.6) is 5.88 Å². The van der Waals surface area contributed by atoms with Crippen LogP contribution in [0.25, 0.3) is 0 Å². The Hall–Kier alpha value is -2.32. The van der Waals surface area contributed by atoms with E-state index in [1.807, 2.05) is 12.4 Å². The van der Waals surface area contributed by atoms with Crippen LogP contribution in [-0.2, 0) is 6.54 Å².